The van der Waals surface area contributed by atoms with Crippen LogP contribution in [0.3, 0.4) is 0 Å². The van der Waals surface area contributed by atoms with Crippen LogP contribution in [0.25, 0.3) is 0 Å². The molecular weight excluding hydrogens is 321 g/mol. The van der Waals surface area contributed by atoms with E-state index in [0.29, 0.717) is 12.6 Å². The van der Waals surface area contributed by atoms with Crippen molar-refractivity contribution in [2.75, 3.05) is 6.54 Å². The Balaban J connectivity index is 0.00000121. The summed E-state index contributed by atoms with van der Waals surface area (Å²) in [5, 5.41) is 6.57. The van der Waals surface area contributed by atoms with Gasteiger partial charge in [-0.25, -0.2) is 0 Å². The minimum Gasteiger partial charge on any atom is -0.354 e. The van der Waals surface area contributed by atoms with Crippen molar-refractivity contribution in [3.05, 3.63) is 30.1 Å². The van der Waals surface area contributed by atoms with E-state index in [1.54, 1.807) is 6.20 Å². The lowest BCUT2D eigenvalue weighted by Gasteiger charge is -2.24. The van der Waals surface area contributed by atoms with Crippen LogP contribution in [0.1, 0.15) is 37.7 Å². The first kappa shape index (κ1) is 19.2. The summed E-state index contributed by atoms with van der Waals surface area (Å²) in [4.78, 5) is 16.3. The predicted octanol–water partition coefficient (Wildman–Crippen LogP) is 2.50. The molecule has 2 heterocycles. The first-order valence-corrected chi connectivity index (χ1v) is 7.75. The minimum atomic E-state index is 0. The van der Waals surface area contributed by atoms with E-state index in [-0.39, 0.29) is 36.8 Å². The molecule has 1 saturated heterocycles. The molecule has 1 aromatic heterocycles. The largest absolute Gasteiger partial charge is 0.354 e. The number of rotatable bonds is 4. The molecule has 1 amide bonds. The second kappa shape index (κ2) is 9.33. The molecule has 0 bridgehead atoms. The first-order chi connectivity index (χ1) is 9.83. The highest BCUT2D eigenvalue weighted by Crippen LogP contribution is 2.33. The zero-order valence-electron chi connectivity index (χ0n) is 12.7. The van der Waals surface area contributed by atoms with Crippen LogP contribution in [0.4, 0.5) is 0 Å². The maximum absolute atomic E-state index is 12.2. The number of nitrogens with zero attached hydrogens (tertiary/aromatic N) is 1. The van der Waals surface area contributed by atoms with E-state index in [1.807, 2.05) is 18.3 Å². The van der Waals surface area contributed by atoms with Crippen molar-refractivity contribution in [3.63, 3.8) is 0 Å². The van der Waals surface area contributed by atoms with Gasteiger partial charge >= 0.3 is 0 Å². The standard InChI is InChI=1S/C16H23N3O.2ClH/c20-16(18-9-7-12-4-3-8-17-11-12)15-10-13-5-1-2-6-14(13)19-15;;/h3-4,8,11,13-15,19H,1-2,5-7,9-10H2,(H,18,20);2*1H. The monoisotopic (exact) mass is 345 g/mol. The van der Waals surface area contributed by atoms with Gasteiger partial charge in [0.25, 0.3) is 0 Å². The van der Waals surface area contributed by atoms with Crippen LogP contribution < -0.4 is 10.6 Å². The number of amides is 1. The van der Waals surface area contributed by atoms with Crippen molar-refractivity contribution in [1.82, 2.24) is 15.6 Å². The quantitative estimate of drug-likeness (QED) is 0.881. The fourth-order valence-electron chi connectivity index (χ4n) is 3.52. The zero-order chi connectivity index (χ0) is 13.8. The minimum absolute atomic E-state index is 0. The fourth-order valence-corrected chi connectivity index (χ4v) is 3.52. The van der Waals surface area contributed by atoms with Gasteiger partial charge in [-0.05, 0) is 43.2 Å². The van der Waals surface area contributed by atoms with Gasteiger partial charge in [-0.1, -0.05) is 18.9 Å². The molecule has 2 fully saturated rings. The van der Waals surface area contributed by atoms with Crippen molar-refractivity contribution in [3.8, 4) is 0 Å². The highest BCUT2D eigenvalue weighted by atomic mass is 35.5. The number of nitrogens with one attached hydrogen (secondary N) is 2. The summed E-state index contributed by atoms with van der Waals surface area (Å²) in [5.74, 6) is 0.890. The molecular formula is C16H25Cl2N3O. The summed E-state index contributed by atoms with van der Waals surface area (Å²) in [6, 6.07) is 4.58. The third kappa shape index (κ3) is 4.83. The Bertz CT molecular complexity index is 444. The third-order valence-electron chi connectivity index (χ3n) is 4.61. The topological polar surface area (TPSA) is 54.0 Å². The van der Waals surface area contributed by atoms with Crippen molar-refractivity contribution < 1.29 is 4.79 Å². The van der Waals surface area contributed by atoms with E-state index in [0.717, 1.165) is 18.8 Å². The van der Waals surface area contributed by atoms with E-state index in [9.17, 15) is 4.79 Å². The van der Waals surface area contributed by atoms with E-state index in [4.69, 9.17) is 0 Å². The number of hydrogen-bond acceptors (Lipinski definition) is 3. The lowest BCUT2D eigenvalue weighted by Crippen LogP contribution is -2.43. The second-order valence-electron chi connectivity index (χ2n) is 6.01. The summed E-state index contributed by atoms with van der Waals surface area (Å²) in [6.07, 6.45) is 10.7. The lowest BCUT2D eigenvalue weighted by atomic mass is 9.85. The Hall–Kier alpha value is -0.840. The molecule has 124 valence electrons. The molecule has 22 heavy (non-hydrogen) atoms. The van der Waals surface area contributed by atoms with Gasteiger partial charge in [0.15, 0.2) is 0 Å². The maximum atomic E-state index is 12.2. The average molecular weight is 346 g/mol. The molecule has 0 spiro atoms. The average Bonchev–Trinajstić information content (AvgIpc) is 2.92. The van der Waals surface area contributed by atoms with Crippen molar-refractivity contribution >= 4 is 30.7 Å². The number of hydrogen-bond donors (Lipinski definition) is 2. The Morgan fingerprint density at radius 2 is 2.14 bits per heavy atom. The van der Waals surface area contributed by atoms with Crippen LogP contribution in [-0.4, -0.2) is 29.5 Å². The molecule has 3 rings (SSSR count). The molecule has 2 N–H and O–H groups in total. The van der Waals surface area contributed by atoms with E-state index < -0.39 is 0 Å². The van der Waals surface area contributed by atoms with Crippen LogP contribution >= 0.6 is 24.8 Å². The molecule has 6 heteroatoms. The smallest absolute Gasteiger partial charge is 0.237 e. The highest BCUT2D eigenvalue weighted by molar-refractivity contribution is 5.85. The Morgan fingerprint density at radius 3 is 2.86 bits per heavy atom. The van der Waals surface area contributed by atoms with Crippen LogP contribution in [0.2, 0.25) is 0 Å². The van der Waals surface area contributed by atoms with Gasteiger partial charge in [0, 0.05) is 25.0 Å². The van der Waals surface area contributed by atoms with Crippen molar-refractivity contribution in [2.24, 2.45) is 5.92 Å². The number of pyridine rings is 1. The van der Waals surface area contributed by atoms with Gasteiger partial charge in [-0.2, -0.15) is 0 Å². The number of carbonyl (C=O) groups excluding carboxylic acids is 1. The van der Waals surface area contributed by atoms with Crippen LogP contribution in [0.5, 0.6) is 0 Å². The van der Waals surface area contributed by atoms with Crippen LogP contribution in [0, 0.1) is 5.92 Å². The fraction of sp³-hybridized carbons (Fsp3) is 0.625. The van der Waals surface area contributed by atoms with Crippen molar-refractivity contribution in [2.45, 2.75) is 50.6 Å². The normalized spacial score (nSPS) is 26.3. The summed E-state index contributed by atoms with van der Waals surface area (Å²) in [6.45, 7) is 0.692. The van der Waals surface area contributed by atoms with Crippen LogP contribution in [0.15, 0.2) is 24.5 Å². The number of aromatic nitrogens is 1. The van der Waals surface area contributed by atoms with Gasteiger partial charge in [0.1, 0.15) is 0 Å². The SMILES string of the molecule is Cl.Cl.O=C(NCCc1cccnc1)C1CC2CCCCC2N1. The molecule has 1 aliphatic carbocycles. The van der Waals surface area contributed by atoms with E-state index in [2.05, 4.69) is 15.6 Å². The lowest BCUT2D eigenvalue weighted by molar-refractivity contribution is -0.122. The Morgan fingerprint density at radius 1 is 1.32 bits per heavy atom. The van der Waals surface area contributed by atoms with Gasteiger partial charge in [-0.3, -0.25) is 9.78 Å². The van der Waals surface area contributed by atoms with Gasteiger partial charge in [-0.15, -0.1) is 24.8 Å². The summed E-state index contributed by atoms with van der Waals surface area (Å²) < 4.78 is 0. The summed E-state index contributed by atoms with van der Waals surface area (Å²) in [7, 11) is 0. The molecule has 3 atom stereocenters. The Labute approximate surface area is 144 Å². The summed E-state index contributed by atoms with van der Waals surface area (Å²) in [5.41, 5.74) is 1.17. The molecule has 1 aliphatic heterocycles. The molecule has 0 aromatic carbocycles. The molecule has 3 unspecified atom stereocenters. The van der Waals surface area contributed by atoms with Crippen LogP contribution in [-0.2, 0) is 11.2 Å². The molecule has 4 nitrogen and oxygen atoms in total. The Kier molecular flexibility index (Phi) is 8.15. The zero-order valence-corrected chi connectivity index (χ0v) is 14.3. The number of fused-ring (bicyclic) bond motifs is 1. The molecule has 1 aromatic rings. The van der Waals surface area contributed by atoms with Gasteiger partial charge < -0.3 is 10.6 Å². The maximum Gasteiger partial charge on any atom is 0.237 e. The van der Waals surface area contributed by atoms with Gasteiger partial charge in [0.2, 0.25) is 5.91 Å². The molecule has 2 aliphatic rings. The van der Waals surface area contributed by atoms with E-state index >= 15 is 0 Å². The van der Waals surface area contributed by atoms with Crippen molar-refractivity contribution in [1.29, 1.82) is 0 Å². The van der Waals surface area contributed by atoms with E-state index in [1.165, 1.54) is 31.2 Å². The van der Waals surface area contributed by atoms with Gasteiger partial charge in [0.05, 0.1) is 6.04 Å². The first-order valence-electron chi connectivity index (χ1n) is 7.75. The number of carbonyl (C=O) groups is 1. The number of halogens is 2. The highest BCUT2D eigenvalue weighted by Gasteiger charge is 2.37. The predicted molar refractivity (Wildman–Crippen MR) is 92.7 cm³/mol. The third-order valence-corrected chi connectivity index (χ3v) is 4.61. The summed E-state index contributed by atoms with van der Waals surface area (Å²) >= 11 is 0. The molecule has 1 saturated carbocycles. The molecule has 0 radical (unpaired) electrons. The second-order valence-corrected chi connectivity index (χ2v) is 6.01.